The molecule has 118 valence electrons. The summed E-state index contributed by atoms with van der Waals surface area (Å²) in [5.74, 6) is -0.124. The lowest BCUT2D eigenvalue weighted by Gasteiger charge is -2.38. The van der Waals surface area contributed by atoms with Crippen molar-refractivity contribution < 1.29 is 13.9 Å². The Hall–Kier alpha value is -1.01. The zero-order valence-electron chi connectivity index (χ0n) is 13.0. The molecule has 1 fully saturated rings. The molecule has 0 radical (unpaired) electrons. The Balaban J connectivity index is 2.06. The van der Waals surface area contributed by atoms with Crippen LogP contribution in [0.3, 0.4) is 0 Å². The van der Waals surface area contributed by atoms with Gasteiger partial charge >= 0.3 is 5.97 Å². The van der Waals surface area contributed by atoms with E-state index in [4.69, 9.17) is 9.15 Å². The number of rotatable bonds is 6. The zero-order chi connectivity index (χ0) is 15.3. The third kappa shape index (κ3) is 4.01. The third-order valence-electron chi connectivity index (χ3n) is 3.75. The van der Waals surface area contributed by atoms with Gasteiger partial charge in [-0.15, -0.1) is 0 Å². The summed E-state index contributed by atoms with van der Waals surface area (Å²) in [6.45, 7) is 6.96. The second kappa shape index (κ2) is 7.31. The monoisotopic (exact) mass is 312 g/mol. The number of aromatic nitrogens is 1. The van der Waals surface area contributed by atoms with E-state index in [0.29, 0.717) is 17.1 Å². The van der Waals surface area contributed by atoms with Crippen molar-refractivity contribution in [2.45, 2.75) is 62.5 Å². The van der Waals surface area contributed by atoms with Gasteiger partial charge in [0.05, 0.1) is 12.3 Å². The van der Waals surface area contributed by atoms with Crippen LogP contribution in [0.4, 0.5) is 0 Å². The van der Waals surface area contributed by atoms with E-state index in [0.717, 1.165) is 37.9 Å². The minimum absolute atomic E-state index is 0.124. The molecule has 0 saturated heterocycles. The molecule has 21 heavy (non-hydrogen) atoms. The minimum atomic E-state index is -0.553. The summed E-state index contributed by atoms with van der Waals surface area (Å²) in [4.78, 5) is 16.7. The Bertz CT molecular complexity index is 473. The lowest BCUT2D eigenvalue weighted by molar-refractivity contribution is -0.152. The lowest BCUT2D eigenvalue weighted by atomic mass is 9.81. The van der Waals surface area contributed by atoms with Gasteiger partial charge in [0, 0.05) is 5.25 Å². The normalized spacial score (nSPS) is 25.8. The number of esters is 1. The van der Waals surface area contributed by atoms with Crippen molar-refractivity contribution in [3.8, 4) is 0 Å². The van der Waals surface area contributed by atoms with Crippen molar-refractivity contribution >= 4 is 17.7 Å². The molecule has 0 aliphatic heterocycles. The molecular weight excluding hydrogens is 288 g/mol. The van der Waals surface area contributed by atoms with Gasteiger partial charge in [-0.1, -0.05) is 18.7 Å². The molecule has 1 saturated carbocycles. The molecule has 1 heterocycles. The first-order chi connectivity index (χ1) is 10.1. The molecule has 5 nitrogen and oxygen atoms in total. The van der Waals surface area contributed by atoms with E-state index in [-0.39, 0.29) is 5.97 Å². The molecule has 2 unspecified atom stereocenters. The highest BCUT2D eigenvalue weighted by Gasteiger charge is 2.43. The van der Waals surface area contributed by atoms with Crippen LogP contribution in [0.1, 0.15) is 45.2 Å². The highest BCUT2D eigenvalue weighted by atomic mass is 32.2. The molecule has 2 rings (SSSR count). The molecule has 0 aromatic carbocycles. The Morgan fingerprint density at radius 3 is 3.05 bits per heavy atom. The zero-order valence-corrected chi connectivity index (χ0v) is 13.8. The van der Waals surface area contributed by atoms with Gasteiger partial charge in [-0.25, -0.2) is 4.98 Å². The Morgan fingerprint density at radius 2 is 2.43 bits per heavy atom. The van der Waals surface area contributed by atoms with Crippen molar-refractivity contribution in [3.05, 3.63) is 12.0 Å². The van der Waals surface area contributed by atoms with Gasteiger partial charge in [0.2, 0.25) is 0 Å². The van der Waals surface area contributed by atoms with Gasteiger partial charge in [0.25, 0.3) is 5.22 Å². The second-order valence-electron chi connectivity index (χ2n) is 5.42. The standard InChI is InChI=1S/C15H24N2O3S/c1-4-16-15(13(18)19-5-2)8-6-7-12(9-15)21-14-17-11(3)10-20-14/h10,12,16H,4-9H2,1-3H3. The van der Waals surface area contributed by atoms with Crippen molar-refractivity contribution in [1.82, 2.24) is 10.3 Å². The summed E-state index contributed by atoms with van der Waals surface area (Å²) >= 11 is 1.62. The predicted molar refractivity (Wildman–Crippen MR) is 82.4 cm³/mol. The summed E-state index contributed by atoms with van der Waals surface area (Å²) in [5, 5.41) is 4.37. The number of nitrogens with zero attached hydrogens (tertiary/aromatic N) is 1. The quantitative estimate of drug-likeness (QED) is 0.815. The van der Waals surface area contributed by atoms with Crippen molar-refractivity contribution in [1.29, 1.82) is 0 Å². The van der Waals surface area contributed by atoms with Gasteiger partial charge in [0.15, 0.2) is 0 Å². The van der Waals surface area contributed by atoms with Crippen molar-refractivity contribution in [3.63, 3.8) is 0 Å². The molecule has 1 aromatic rings. The summed E-state index contributed by atoms with van der Waals surface area (Å²) in [7, 11) is 0. The molecule has 0 spiro atoms. The Kier molecular flexibility index (Phi) is 5.70. The van der Waals surface area contributed by atoms with Crippen LogP contribution in [0.15, 0.2) is 15.9 Å². The fourth-order valence-electron chi connectivity index (χ4n) is 2.88. The number of oxazole rings is 1. The number of aryl methyl sites for hydroxylation is 1. The molecule has 1 aliphatic carbocycles. The number of likely N-dealkylation sites (N-methyl/N-ethyl adjacent to an activating group) is 1. The Morgan fingerprint density at radius 1 is 1.62 bits per heavy atom. The van der Waals surface area contributed by atoms with Crippen LogP contribution in [0.5, 0.6) is 0 Å². The van der Waals surface area contributed by atoms with Gasteiger partial charge < -0.3 is 14.5 Å². The number of hydrogen-bond acceptors (Lipinski definition) is 6. The van der Waals surface area contributed by atoms with Gasteiger partial charge in [-0.3, -0.25) is 4.79 Å². The SMILES string of the molecule is CCNC1(C(=O)OCC)CCCC(Sc2nc(C)co2)C1. The smallest absolute Gasteiger partial charge is 0.326 e. The van der Waals surface area contributed by atoms with Crippen LogP contribution < -0.4 is 5.32 Å². The molecule has 2 atom stereocenters. The van der Waals surface area contributed by atoms with Crippen LogP contribution in [0.25, 0.3) is 0 Å². The topological polar surface area (TPSA) is 64.4 Å². The summed E-state index contributed by atoms with van der Waals surface area (Å²) < 4.78 is 10.7. The number of carbonyl (C=O) groups excluding carboxylic acids is 1. The first-order valence-electron chi connectivity index (χ1n) is 7.60. The average Bonchev–Trinajstić information content (AvgIpc) is 2.85. The average molecular weight is 312 g/mol. The van der Waals surface area contributed by atoms with Gasteiger partial charge in [-0.05, 0) is 46.1 Å². The lowest BCUT2D eigenvalue weighted by Crippen LogP contribution is -2.56. The highest BCUT2D eigenvalue weighted by molar-refractivity contribution is 7.99. The third-order valence-corrected chi connectivity index (χ3v) is 4.88. The summed E-state index contributed by atoms with van der Waals surface area (Å²) in [5.41, 5.74) is 0.333. The maximum atomic E-state index is 12.4. The van der Waals surface area contributed by atoms with Crippen molar-refractivity contribution in [2.24, 2.45) is 0 Å². The predicted octanol–water partition coefficient (Wildman–Crippen LogP) is 2.93. The molecule has 1 aromatic heterocycles. The van der Waals surface area contributed by atoms with Crippen molar-refractivity contribution in [2.75, 3.05) is 13.2 Å². The molecule has 1 aliphatic rings. The van der Waals surface area contributed by atoms with E-state index in [1.807, 2.05) is 20.8 Å². The second-order valence-corrected chi connectivity index (χ2v) is 6.68. The Labute approximate surface area is 130 Å². The maximum absolute atomic E-state index is 12.4. The van der Waals surface area contributed by atoms with Gasteiger partial charge in [-0.2, -0.15) is 0 Å². The van der Waals surface area contributed by atoms with Crippen LogP contribution in [-0.2, 0) is 9.53 Å². The fourth-order valence-corrected chi connectivity index (χ4v) is 4.12. The maximum Gasteiger partial charge on any atom is 0.326 e. The van der Waals surface area contributed by atoms with Gasteiger partial charge in [0.1, 0.15) is 11.8 Å². The fraction of sp³-hybridized carbons (Fsp3) is 0.733. The number of nitrogens with one attached hydrogen (secondary N) is 1. The summed E-state index contributed by atoms with van der Waals surface area (Å²) in [6, 6.07) is 0. The molecular formula is C15H24N2O3S. The number of hydrogen-bond donors (Lipinski definition) is 1. The molecule has 0 bridgehead atoms. The number of carbonyl (C=O) groups is 1. The van der Waals surface area contributed by atoms with Crippen LogP contribution in [0.2, 0.25) is 0 Å². The van der Waals surface area contributed by atoms with Crippen LogP contribution in [-0.4, -0.2) is 34.9 Å². The van der Waals surface area contributed by atoms with E-state index >= 15 is 0 Å². The first kappa shape index (κ1) is 16.4. The van der Waals surface area contributed by atoms with E-state index in [1.165, 1.54) is 0 Å². The number of ether oxygens (including phenoxy) is 1. The van der Waals surface area contributed by atoms with E-state index in [2.05, 4.69) is 10.3 Å². The summed E-state index contributed by atoms with van der Waals surface area (Å²) in [6.07, 6.45) is 5.32. The van der Waals surface area contributed by atoms with Crippen LogP contribution in [0, 0.1) is 6.92 Å². The molecule has 6 heteroatoms. The van der Waals surface area contributed by atoms with E-state index in [9.17, 15) is 4.79 Å². The van der Waals surface area contributed by atoms with Crippen LogP contribution >= 0.6 is 11.8 Å². The number of thioether (sulfide) groups is 1. The minimum Gasteiger partial charge on any atom is -0.465 e. The molecule has 1 N–H and O–H groups in total. The first-order valence-corrected chi connectivity index (χ1v) is 8.48. The van der Waals surface area contributed by atoms with E-state index in [1.54, 1.807) is 18.0 Å². The van der Waals surface area contributed by atoms with E-state index < -0.39 is 5.54 Å². The molecule has 0 amide bonds. The highest BCUT2D eigenvalue weighted by Crippen LogP contribution is 2.38. The largest absolute Gasteiger partial charge is 0.465 e.